The van der Waals surface area contributed by atoms with Crippen LogP contribution in [0.1, 0.15) is 71.6 Å². The number of hydrogen-bond acceptors (Lipinski definition) is 2. The van der Waals surface area contributed by atoms with E-state index in [4.69, 9.17) is 0 Å². The van der Waals surface area contributed by atoms with Gasteiger partial charge >= 0.3 is 0 Å². The molecule has 2 N–H and O–H groups in total. The van der Waals surface area contributed by atoms with Crippen molar-refractivity contribution in [2.24, 2.45) is 34.5 Å². The Morgan fingerprint density at radius 2 is 1.59 bits per heavy atom. The molecule has 4 fully saturated rings. The van der Waals surface area contributed by atoms with E-state index in [1.54, 1.807) is 0 Å². The minimum absolute atomic E-state index is 0.0105. The maximum absolute atomic E-state index is 10.1. The molecule has 8 unspecified atom stereocenters. The molecule has 0 spiro atoms. The second-order valence-electron chi connectivity index (χ2n) is 9.55. The van der Waals surface area contributed by atoms with Gasteiger partial charge in [0.2, 0.25) is 0 Å². The molecule has 2 nitrogen and oxygen atoms in total. The summed E-state index contributed by atoms with van der Waals surface area (Å²) in [7, 11) is 2.17. The molecule has 0 aromatic heterocycles. The van der Waals surface area contributed by atoms with Gasteiger partial charge in [-0.15, -0.1) is 0 Å². The van der Waals surface area contributed by atoms with Crippen molar-refractivity contribution in [2.45, 2.75) is 83.8 Å². The van der Waals surface area contributed by atoms with Crippen molar-refractivity contribution in [1.29, 1.82) is 0 Å². The van der Waals surface area contributed by atoms with Gasteiger partial charge in [0.05, 0.1) is 6.10 Å². The van der Waals surface area contributed by atoms with Crippen molar-refractivity contribution >= 4 is 0 Å². The van der Waals surface area contributed by atoms with Gasteiger partial charge in [-0.3, -0.25) is 0 Å². The fourth-order valence-corrected chi connectivity index (χ4v) is 7.71. The Morgan fingerprint density at radius 3 is 2.36 bits per heavy atom. The van der Waals surface area contributed by atoms with E-state index in [9.17, 15) is 5.11 Å². The van der Waals surface area contributed by atoms with E-state index in [-0.39, 0.29) is 6.10 Å². The molecule has 0 bridgehead atoms. The fraction of sp³-hybridized carbons (Fsp3) is 1.00. The van der Waals surface area contributed by atoms with E-state index in [1.165, 1.54) is 44.9 Å². The van der Waals surface area contributed by atoms with E-state index in [0.29, 0.717) is 10.8 Å². The maximum atomic E-state index is 10.1. The maximum Gasteiger partial charge on any atom is 0.0543 e. The minimum Gasteiger partial charge on any atom is -0.393 e. The van der Waals surface area contributed by atoms with Gasteiger partial charge in [-0.1, -0.05) is 13.8 Å². The van der Waals surface area contributed by atoms with E-state index in [1.807, 2.05) is 0 Å². The normalized spacial score (nSPS) is 57.8. The molecule has 0 heterocycles. The lowest BCUT2D eigenvalue weighted by Crippen LogP contribution is -2.55. The van der Waals surface area contributed by atoms with Crippen LogP contribution < -0.4 is 5.32 Å². The van der Waals surface area contributed by atoms with Gasteiger partial charge in [0, 0.05) is 6.04 Å². The van der Waals surface area contributed by atoms with E-state index in [2.05, 4.69) is 26.2 Å². The lowest BCUT2D eigenvalue weighted by atomic mass is 9.45. The van der Waals surface area contributed by atoms with Crippen LogP contribution in [0.25, 0.3) is 0 Å². The van der Waals surface area contributed by atoms with Crippen molar-refractivity contribution in [3.63, 3.8) is 0 Å². The molecule has 8 atom stereocenters. The summed E-state index contributed by atoms with van der Waals surface area (Å²) in [5, 5.41) is 13.7. The minimum atomic E-state index is -0.0105. The van der Waals surface area contributed by atoms with E-state index < -0.39 is 0 Å². The molecule has 22 heavy (non-hydrogen) atoms. The molecule has 0 saturated heterocycles. The largest absolute Gasteiger partial charge is 0.393 e. The van der Waals surface area contributed by atoms with Crippen LogP contribution in [-0.4, -0.2) is 24.3 Å². The third-order valence-corrected chi connectivity index (χ3v) is 8.99. The Kier molecular flexibility index (Phi) is 3.66. The second-order valence-corrected chi connectivity index (χ2v) is 9.55. The molecule has 0 radical (unpaired) electrons. The number of fused-ring (bicyclic) bond motifs is 5. The van der Waals surface area contributed by atoms with Crippen LogP contribution in [0.15, 0.2) is 0 Å². The lowest BCUT2D eigenvalue weighted by Gasteiger charge is -2.61. The first kappa shape index (κ1) is 15.4. The van der Waals surface area contributed by atoms with E-state index >= 15 is 0 Å². The molecular weight excluding hydrogens is 270 g/mol. The van der Waals surface area contributed by atoms with Crippen LogP contribution in [0.4, 0.5) is 0 Å². The zero-order valence-electron chi connectivity index (χ0n) is 14.8. The second kappa shape index (κ2) is 5.21. The summed E-state index contributed by atoms with van der Waals surface area (Å²) in [6.45, 7) is 5.18. The highest BCUT2D eigenvalue weighted by molar-refractivity contribution is 5.10. The predicted molar refractivity (Wildman–Crippen MR) is 90.6 cm³/mol. The summed E-state index contributed by atoms with van der Waals surface area (Å²) in [5.74, 6) is 3.65. The van der Waals surface area contributed by atoms with Crippen LogP contribution in [-0.2, 0) is 0 Å². The average molecular weight is 306 g/mol. The van der Waals surface area contributed by atoms with Gasteiger partial charge in [-0.25, -0.2) is 0 Å². The first-order valence-electron chi connectivity index (χ1n) is 9.84. The fourth-order valence-electron chi connectivity index (χ4n) is 7.71. The Labute approximate surface area is 136 Å². The van der Waals surface area contributed by atoms with Gasteiger partial charge < -0.3 is 10.4 Å². The van der Waals surface area contributed by atoms with Crippen LogP contribution >= 0.6 is 0 Å². The molecule has 4 rings (SSSR count). The van der Waals surface area contributed by atoms with Gasteiger partial charge in [0.25, 0.3) is 0 Å². The summed E-state index contributed by atoms with van der Waals surface area (Å²) >= 11 is 0. The monoisotopic (exact) mass is 305 g/mol. The van der Waals surface area contributed by atoms with E-state index in [0.717, 1.165) is 42.6 Å². The number of aliphatic hydroxyl groups excluding tert-OH is 1. The number of nitrogens with one attached hydrogen (secondary N) is 1. The first-order valence-corrected chi connectivity index (χ1v) is 9.84. The molecule has 0 aliphatic heterocycles. The zero-order chi connectivity index (χ0) is 15.5. The Balaban J connectivity index is 1.61. The summed E-state index contributed by atoms with van der Waals surface area (Å²) in [5.41, 5.74) is 1.08. The quantitative estimate of drug-likeness (QED) is 0.768. The third kappa shape index (κ3) is 1.99. The standard InChI is InChI=1S/C20H35NO/c1-19-10-8-14(22)12-13(19)4-5-15-16-6-7-18(21-3)20(16,2)11-9-17(15)19/h13-18,21-22H,4-12H2,1-3H3. The molecule has 4 aliphatic carbocycles. The third-order valence-electron chi connectivity index (χ3n) is 8.99. The molecule has 0 amide bonds. The van der Waals surface area contributed by atoms with Crippen molar-refractivity contribution < 1.29 is 5.11 Å². The number of rotatable bonds is 1. The van der Waals surface area contributed by atoms with Gasteiger partial charge in [-0.2, -0.15) is 0 Å². The van der Waals surface area contributed by atoms with Crippen molar-refractivity contribution in [3.8, 4) is 0 Å². The predicted octanol–water partition coefficient (Wildman–Crippen LogP) is 3.98. The number of aliphatic hydroxyl groups is 1. The van der Waals surface area contributed by atoms with Crippen LogP contribution in [0, 0.1) is 34.5 Å². The average Bonchev–Trinajstić information content (AvgIpc) is 2.84. The van der Waals surface area contributed by atoms with Crippen LogP contribution in [0.5, 0.6) is 0 Å². The Morgan fingerprint density at radius 1 is 0.864 bits per heavy atom. The van der Waals surface area contributed by atoms with Crippen molar-refractivity contribution in [1.82, 2.24) is 5.32 Å². The molecule has 4 saturated carbocycles. The topological polar surface area (TPSA) is 32.3 Å². The summed E-state index contributed by atoms with van der Waals surface area (Å²) < 4.78 is 0. The summed E-state index contributed by atoms with van der Waals surface area (Å²) in [4.78, 5) is 0. The summed E-state index contributed by atoms with van der Waals surface area (Å²) in [6.07, 6.45) is 11.9. The first-order chi connectivity index (χ1) is 10.5. The van der Waals surface area contributed by atoms with Crippen LogP contribution in [0.2, 0.25) is 0 Å². The molecule has 126 valence electrons. The summed E-state index contributed by atoms with van der Waals surface area (Å²) in [6, 6.07) is 0.747. The molecule has 0 aromatic carbocycles. The molecule has 4 aliphatic rings. The van der Waals surface area contributed by atoms with Crippen molar-refractivity contribution in [2.75, 3.05) is 7.05 Å². The lowest BCUT2D eigenvalue weighted by molar-refractivity contribution is -0.123. The van der Waals surface area contributed by atoms with Gasteiger partial charge in [-0.05, 0) is 99.3 Å². The molecule has 2 heteroatoms. The Bertz CT molecular complexity index is 437. The van der Waals surface area contributed by atoms with Gasteiger partial charge in [0.1, 0.15) is 0 Å². The Hall–Kier alpha value is -0.0800. The highest BCUT2D eigenvalue weighted by Gasteiger charge is 2.59. The number of hydrogen-bond donors (Lipinski definition) is 2. The highest BCUT2D eigenvalue weighted by Crippen LogP contribution is 2.66. The molecule has 0 aromatic rings. The van der Waals surface area contributed by atoms with Crippen LogP contribution in [0.3, 0.4) is 0 Å². The smallest absolute Gasteiger partial charge is 0.0543 e. The van der Waals surface area contributed by atoms with Gasteiger partial charge in [0.15, 0.2) is 0 Å². The van der Waals surface area contributed by atoms with Crippen molar-refractivity contribution in [3.05, 3.63) is 0 Å². The zero-order valence-corrected chi connectivity index (χ0v) is 14.8. The molecular formula is C20H35NO. The SMILES string of the molecule is CNC1CCC2C3CCC4CC(O)CCC4(C)C3CCC12C. The highest BCUT2D eigenvalue weighted by atomic mass is 16.3.